The number of aliphatic hydroxyl groups excluding tert-OH is 1. The van der Waals surface area contributed by atoms with Gasteiger partial charge in [0.2, 0.25) is 0 Å². The van der Waals surface area contributed by atoms with Crippen molar-refractivity contribution in [2.45, 2.75) is 19.8 Å². The fourth-order valence-electron chi connectivity index (χ4n) is 3.78. The summed E-state index contributed by atoms with van der Waals surface area (Å²) in [7, 11) is 0. The van der Waals surface area contributed by atoms with Gasteiger partial charge >= 0.3 is 0 Å². The molecule has 1 N–H and O–H groups in total. The topological polar surface area (TPSA) is 71.2 Å². The van der Waals surface area contributed by atoms with Crippen LogP contribution in [-0.2, 0) is 6.42 Å². The highest BCUT2D eigenvalue weighted by Gasteiger charge is 2.26. The maximum atomic E-state index is 15.3. The van der Waals surface area contributed by atoms with Crippen molar-refractivity contribution in [1.82, 2.24) is 14.5 Å². The number of halogens is 3. The largest absolute Gasteiger partial charge is 0.395 e. The lowest BCUT2D eigenvalue weighted by Gasteiger charge is -2.23. The summed E-state index contributed by atoms with van der Waals surface area (Å²) in [6, 6.07) is 12.9. The number of amides is 1. The predicted octanol–water partition coefficient (Wildman–Crippen LogP) is 5.46. The second-order valence-corrected chi connectivity index (χ2v) is 8.19. The van der Waals surface area contributed by atoms with Gasteiger partial charge in [0.1, 0.15) is 28.0 Å². The summed E-state index contributed by atoms with van der Waals surface area (Å²) in [5.74, 6) is -1.33. The van der Waals surface area contributed by atoms with Gasteiger partial charge in [-0.15, -0.1) is 0 Å². The molecular weight excluding hydrogens is 466 g/mol. The van der Waals surface area contributed by atoms with Crippen LogP contribution in [0.4, 0.5) is 10.1 Å². The Labute approximate surface area is 200 Å². The molecule has 4 rings (SSSR count). The highest BCUT2D eigenvalue weighted by atomic mass is 35.5. The number of hydrogen-bond acceptors (Lipinski definition) is 4. The fraction of sp³-hybridized carbons (Fsp3) is 0.208. The molecular formula is C24H21Cl2FN4O2. The fourth-order valence-corrected chi connectivity index (χ4v) is 4.25. The van der Waals surface area contributed by atoms with Crippen molar-refractivity contribution in [1.29, 1.82) is 0 Å². The van der Waals surface area contributed by atoms with Gasteiger partial charge < -0.3 is 14.6 Å². The standard InChI is InChI=1S/C24H21Cl2FN4O2/c1-2-3-15-4-6-17(7-5-15)30-9-8-16-12-20(18(27)13-19(16)30)31(10-11-32)24(33)21-22(25)28-14-29-23(21)26/h4-9,12-14,32H,2-3,10-11H2,1H3. The molecule has 0 unspecified atom stereocenters. The maximum Gasteiger partial charge on any atom is 0.264 e. The smallest absolute Gasteiger partial charge is 0.264 e. The first-order chi connectivity index (χ1) is 15.9. The van der Waals surface area contributed by atoms with Crippen molar-refractivity contribution in [3.63, 3.8) is 0 Å². The number of carbonyl (C=O) groups excluding carboxylic acids is 1. The van der Waals surface area contributed by atoms with Crippen LogP contribution in [0.25, 0.3) is 16.6 Å². The normalized spacial score (nSPS) is 11.2. The Bertz CT molecular complexity index is 1290. The van der Waals surface area contributed by atoms with Crippen molar-refractivity contribution in [2.24, 2.45) is 0 Å². The van der Waals surface area contributed by atoms with Crippen molar-refractivity contribution in [2.75, 3.05) is 18.1 Å². The van der Waals surface area contributed by atoms with E-state index in [4.69, 9.17) is 23.2 Å². The molecule has 2 aromatic heterocycles. The van der Waals surface area contributed by atoms with Crippen LogP contribution in [0, 0.1) is 5.82 Å². The van der Waals surface area contributed by atoms with E-state index in [-0.39, 0.29) is 28.1 Å². The van der Waals surface area contributed by atoms with Gasteiger partial charge in [0.05, 0.1) is 17.8 Å². The lowest BCUT2D eigenvalue weighted by Crippen LogP contribution is -2.35. The quantitative estimate of drug-likeness (QED) is 0.352. The van der Waals surface area contributed by atoms with E-state index in [1.807, 2.05) is 29.0 Å². The second-order valence-electron chi connectivity index (χ2n) is 7.48. The number of carbonyl (C=O) groups is 1. The Balaban J connectivity index is 1.76. The molecule has 0 radical (unpaired) electrons. The summed E-state index contributed by atoms with van der Waals surface area (Å²) in [5, 5.41) is 9.95. The number of fused-ring (bicyclic) bond motifs is 1. The van der Waals surface area contributed by atoms with Crippen LogP contribution in [0.5, 0.6) is 0 Å². The molecule has 2 aromatic carbocycles. The number of hydrogen-bond donors (Lipinski definition) is 1. The summed E-state index contributed by atoms with van der Waals surface area (Å²) in [4.78, 5) is 21.8. The van der Waals surface area contributed by atoms with Gasteiger partial charge in [-0.1, -0.05) is 48.7 Å². The summed E-state index contributed by atoms with van der Waals surface area (Å²) in [6.45, 7) is 1.57. The number of rotatable bonds is 7. The van der Waals surface area contributed by atoms with Gasteiger partial charge in [0, 0.05) is 29.9 Å². The SMILES string of the molecule is CCCc1ccc(-n2ccc3cc(N(CCO)C(=O)c4c(Cl)ncnc4Cl)c(F)cc32)cc1. The first-order valence-electron chi connectivity index (χ1n) is 10.4. The summed E-state index contributed by atoms with van der Waals surface area (Å²) in [5.41, 5.74) is 2.63. The molecule has 0 aliphatic rings. The lowest BCUT2D eigenvalue weighted by atomic mass is 10.1. The van der Waals surface area contributed by atoms with Gasteiger partial charge in [-0.05, 0) is 36.2 Å². The summed E-state index contributed by atoms with van der Waals surface area (Å²) in [6.07, 6.45) is 5.04. The first kappa shape index (κ1) is 23.2. The number of anilines is 1. The van der Waals surface area contributed by atoms with Crippen molar-refractivity contribution in [3.8, 4) is 5.69 Å². The van der Waals surface area contributed by atoms with Crippen LogP contribution >= 0.6 is 23.2 Å². The Morgan fingerprint density at radius 2 is 1.82 bits per heavy atom. The van der Waals surface area contributed by atoms with E-state index in [1.54, 1.807) is 6.07 Å². The van der Waals surface area contributed by atoms with E-state index in [9.17, 15) is 9.90 Å². The molecule has 4 aromatic rings. The Morgan fingerprint density at radius 3 is 2.45 bits per heavy atom. The summed E-state index contributed by atoms with van der Waals surface area (Å²) >= 11 is 12.1. The van der Waals surface area contributed by atoms with Gasteiger partial charge in [0.25, 0.3) is 5.91 Å². The van der Waals surface area contributed by atoms with Crippen LogP contribution in [0.1, 0.15) is 29.3 Å². The second kappa shape index (κ2) is 9.87. The number of aromatic nitrogens is 3. The molecule has 0 aliphatic heterocycles. The van der Waals surface area contributed by atoms with Crippen LogP contribution in [0.3, 0.4) is 0 Å². The van der Waals surface area contributed by atoms with Crippen LogP contribution in [-0.4, -0.2) is 38.7 Å². The van der Waals surface area contributed by atoms with Crippen molar-refractivity contribution in [3.05, 3.63) is 82.2 Å². The maximum absolute atomic E-state index is 15.3. The number of aliphatic hydroxyl groups is 1. The zero-order valence-electron chi connectivity index (χ0n) is 17.8. The Hall–Kier alpha value is -3.00. The molecule has 170 valence electrons. The molecule has 6 nitrogen and oxygen atoms in total. The lowest BCUT2D eigenvalue weighted by molar-refractivity contribution is 0.0979. The van der Waals surface area contributed by atoms with E-state index >= 15 is 4.39 Å². The van der Waals surface area contributed by atoms with Gasteiger partial charge in [-0.3, -0.25) is 4.79 Å². The molecule has 0 saturated carbocycles. The van der Waals surface area contributed by atoms with Gasteiger partial charge in [0.15, 0.2) is 0 Å². The highest BCUT2D eigenvalue weighted by molar-refractivity contribution is 6.39. The van der Waals surface area contributed by atoms with E-state index in [0.29, 0.717) is 5.52 Å². The molecule has 0 aliphatic carbocycles. The highest BCUT2D eigenvalue weighted by Crippen LogP contribution is 2.31. The van der Waals surface area contributed by atoms with E-state index in [0.717, 1.165) is 35.1 Å². The van der Waals surface area contributed by atoms with Crippen LogP contribution < -0.4 is 4.90 Å². The van der Waals surface area contributed by atoms with Crippen LogP contribution in [0.2, 0.25) is 10.3 Å². The molecule has 0 fully saturated rings. The van der Waals surface area contributed by atoms with Crippen LogP contribution in [0.15, 0.2) is 55.0 Å². The molecule has 0 bridgehead atoms. The Kier molecular flexibility index (Phi) is 6.93. The van der Waals surface area contributed by atoms with E-state index in [1.165, 1.54) is 11.6 Å². The molecule has 9 heteroatoms. The molecule has 1 amide bonds. The van der Waals surface area contributed by atoms with Crippen molar-refractivity contribution >= 4 is 45.7 Å². The van der Waals surface area contributed by atoms with Crippen molar-refractivity contribution < 1.29 is 14.3 Å². The molecule has 2 heterocycles. The molecule has 0 spiro atoms. The molecule has 0 saturated heterocycles. The third kappa shape index (κ3) is 4.57. The Morgan fingerprint density at radius 1 is 1.12 bits per heavy atom. The van der Waals surface area contributed by atoms with E-state index < -0.39 is 18.3 Å². The average molecular weight is 487 g/mol. The third-order valence-corrected chi connectivity index (χ3v) is 5.91. The number of aryl methyl sites for hydroxylation is 1. The first-order valence-corrected chi connectivity index (χ1v) is 11.2. The third-order valence-electron chi connectivity index (χ3n) is 5.34. The van der Waals surface area contributed by atoms with E-state index in [2.05, 4.69) is 29.0 Å². The number of benzene rings is 2. The minimum atomic E-state index is -0.705. The zero-order chi connectivity index (χ0) is 23.5. The average Bonchev–Trinajstić information content (AvgIpc) is 3.20. The molecule has 33 heavy (non-hydrogen) atoms. The monoisotopic (exact) mass is 486 g/mol. The minimum Gasteiger partial charge on any atom is -0.395 e. The van der Waals surface area contributed by atoms with Gasteiger partial charge in [-0.25, -0.2) is 14.4 Å². The zero-order valence-corrected chi connectivity index (χ0v) is 19.3. The number of nitrogens with zero attached hydrogens (tertiary/aromatic N) is 4. The minimum absolute atomic E-state index is 0.00594. The summed E-state index contributed by atoms with van der Waals surface area (Å²) < 4.78 is 17.2. The predicted molar refractivity (Wildman–Crippen MR) is 128 cm³/mol. The van der Waals surface area contributed by atoms with Gasteiger partial charge in [-0.2, -0.15) is 0 Å². The molecule has 0 atom stereocenters.